The predicted molar refractivity (Wildman–Crippen MR) is 121 cm³/mol. The molecule has 0 bridgehead atoms. The monoisotopic (exact) mass is 465 g/mol. The molecule has 0 aliphatic carbocycles. The van der Waals surface area contributed by atoms with Crippen molar-refractivity contribution in [3.8, 4) is 5.75 Å². The molecule has 0 radical (unpaired) electrons. The third kappa shape index (κ3) is 6.11. The Kier molecular flexibility index (Phi) is 8.15. The van der Waals surface area contributed by atoms with Crippen LogP contribution < -0.4 is 10.1 Å². The predicted octanol–water partition coefficient (Wildman–Crippen LogP) is 3.47. The molecular formula is C22H25Cl2N3O4. The van der Waals surface area contributed by atoms with Gasteiger partial charge in [0, 0.05) is 36.9 Å². The van der Waals surface area contributed by atoms with Crippen molar-refractivity contribution < 1.29 is 19.1 Å². The van der Waals surface area contributed by atoms with E-state index in [2.05, 4.69) is 10.2 Å². The molecule has 0 unspecified atom stereocenters. The van der Waals surface area contributed by atoms with E-state index in [0.717, 1.165) is 5.56 Å². The number of methoxy groups -OCH3 is 2. The van der Waals surface area contributed by atoms with E-state index in [1.165, 1.54) is 14.2 Å². The SMILES string of the molecule is COC(=O)[C@H](c1ccc(Cl)cc1)N1CCN(CC(=O)Nc2ccc(OC)c(Cl)c2)CC1. The van der Waals surface area contributed by atoms with Crippen LogP contribution in [-0.2, 0) is 14.3 Å². The summed E-state index contributed by atoms with van der Waals surface area (Å²) in [5, 5.41) is 3.90. The number of piperazine rings is 1. The summed E-state index contributed by atoms with van der Waals surface area (Å²) in [6.07, 6.45) is 0. The molecular weight excluding hydrogens is 441 g/mol. The lowest BCUT2D eigenvalue weighted by molar-refractivity contribution is -0.148. The van der Waals surface area contributed by atoms with Crippen LogP contribution in [0.1, 0.15) is 11.6 Å². The minimum atomic E-state index is -0.500. The number of benzene rings is 2. The molecule has 1 amide bonds. The third-order valence-corrected chi connectivity index (χ3v) is 5.73. The maximum absolute atomic E-state index is 12.4. The summed E-state index contributed by atoms with van der Waals surface area (Å²) in [5.41, 5.74) is 1.45. The van der Waals surface area contributed by atoms with Gasteiger partial charge in [0.2, 0.25) is 5.91 Å². The Bertz CT molecular complexity index is 915. The maximum atomic E-state index is 12.4. The normalized spacial score (nSPS) is 15.9. The van der Waals surface area contributed by atoms with Gasteiger partial charge in [-0.15, -0.1) is 0 Å². The van der Waals surface area contributed by atoms with E-state index in [0.29, 0.717) is 47.7 Å². The second-order valence-corrected chi connectivity index (χ2v) is 8.03. The van der Waals surface area contributed by atoms with E-state index in [-0.39, 0.29) is 18.4 Å². The third-order valence-electron chi connectivity index (χ3n) is 5.18. The zero-order valence-corrected chi connectivity index (χ0v) is 18.9. The molecule has 1 N–H and O–H groups in total. The number of nitrogens with zero attached hydrogens (tertiary/aromatic N) is 2. The van der Waals surface area contributed by atoms with E-state index >= 15 is 0 Å². The molecule has 0 spiro atoms. The summed E-state index contributed by atoms with van der Waals surface area (Å²) in [7, 11) is 2.92. The lowest BCUT2D eigenvalue weighted by atomic mass is 10.0. The first-order chi connectivity index (χ1) is 14.9. The molecule has 1 aliphatic heterocycles. The van der Waals surface area contributed by atoms with Crippen LogP contribution in [0.4, 0.5) is 5.69 Å². The summed E-state index contributed by atoms with van der Waals surface area (Å²) < 4.78 is 10.1. The van der Waals surface area contributed by atoms with Gasteiger partial charge in [-0.3, -0.25) is 14.6 Å². The lowest BCUT2D eigenvalue weighted by Crippen LogP contribution is -2.51. The highest BCUT2D eigenvalue weighted by atomic mass is 35.5. The Morgan fingerprint density at radius 1 is 1.03 bits per heavy atom. The van der Waals surface area contributed by atoms with Gasteiger partial charge in [-0.1, -0.05) is 35.3 Å². The van der Waals surface area contributed by atoms with Crippen LogP contribution in [0.5, 0.6) is 5.75 Å². The standard InChI is InChI=1S/C22H25Cl2N3O4/c1-30-19-8-7-17(13-18(19)24)25-20(28)14-26-9-11-27(12-10-26)21(22(29)31-2)15-3-5-16(23)6-4-15/h3-8,13,21H,9-12,14H2,1-2H3,(H,25,28)/t21-/m0/s1. The van der Waals surface area contributed by atoms with E-state index in [1.807, 2.05) is 17.0 Å². The summed E-state index contributed by atoms with van der Waals surface area (Å²) in [5.74, 6) is 0.110. The first-order valence-corrected chi connectivity index (χ1v) is 10.6. The maximum Gasteiger partial charge on any atom is 0.327 e. The van der Waals surface area contributed by atoms with Crippen molar-refractivity contribution in [1.29, 1.82) is 0 Å². The number of nitrogens with one attached hydrogen (secondary N) is 1. The zero-order chi connectivity index (χ0) is 22.4. The molecule has 1 aliphatic rings. The van der Waals surface area contributed by atoms with Gasteiger partial charge in [0.15, 0.2) is 0 Å². The highest BCUT2D eigenvalue weighted by Gasteiger charge is 2.31. The second-order valence-electron chi connectivity index (χ2n) is 7.19. The van der Waals surface area contributed by atoms with Crippen LogP contribution in [0, 0.1) is 0 Å². The molecule has 2 aromatic carbocycles. The van der Waals surface area contributed by atoms with Gasteiger partial charge in [-0.25, -0.2) is 4.79 Å². The molecule has 166 valence electrons. The van der Waals surface area contributed by atoms with Crippen molar-refractivity contribution in [2.45, 2.75) is 6.04 Å². The number of anilines is 1. The average Bonchev–Trinajstić information content (AvgIpc) is 2.76. The van der Waals surface area contributed by atoms with Crippen molar-refractivity contribution in [2.24, 2.45) is 0 Å². The summed E-state index contributed by atoms with van der Waals surface area (Å²) in [4.78, 5) is 29.0. The van der Waals surface area contributed by atoms with E-state index in [4.69, 9.17) is 32.7 Å². The minimum absolute atomic E-state index is 0.128. The number of carbonyl (C=O) groups is 2. The zero-order valence-electron chi connectivity index (χ0n) is 17.4. The topological polar surface area (TPSA) is 71.1 Å². The Morgan fingerprint density at radius 2 is 1.71 bits per heavy atom. The van der Waals surface area contributed by atoms with Crippen LogP contribution in [0.15, 0.2) is 42.5 Å². The van der Waals surface area contributed by atoms with Gasteiger partial charge in [-0.2, -0.15) is 0 Å². The molecule has 1 heterocycles. The molecule has 7 nitrogen and oxygen atoms in total. The van der Waals surface area contributed by atoms with Gasteiger partial charge in [0.25, 0.3) is 0 Å². The Morgan fingerprint density at radius 3 is 2.29 bits per heavy atom. The van der Waals surface area contributed by atoms with E-state index in [9.17, 15) is 9.59 Å². The number of hydrogen-bond donors (Lipinski definition) is 1. The fourth-order valence-electron chi connectivity index (χ4n) is 3.58. The lowest BCUT2D eigenvalue weighted by Gasteiger charge is -2.38. The van der Waals surface area contributed by atoms with Crippen molar-refractivity contribution in [1.82, 2.24) is 9.80 Å². The highest BCUT2D eigenvalue weighted by Crippen LogP contribution is 2.27. The van der Waals surface area contributed by atoms with Crippen LogP contribution in [0.2, 0.25) is 10.0 Å². The fourth-order valence-corrected chi connectivity index (χ4v) is 3.96. The molecule has 0 saturated carbocycles. The highest BCUT2D eigenvalue weighted by molar-refractivity contribution is 6.32. The summed E-state index contributed by atoms with van der Waals surface area (Å²) in [6, 6.07) is 11.8. The quantitative estimate of drug-likeness (QED) is 0.631. The van der Waals surface area contributed by atoms with Crippen LogP contribution in [0.3, 0.4) is 0 Å². The van der Waals surface area contributed by atoms with Gasteiger partial charge in [0.1, 0.15) is 11.8 Å². The molecule has 1 atom stereocenters. The van der Waals surface area contributed by atoms with E-state index < -0.39 is 6.04 Å². The minimum Gasteiger partial charge on any atom is -0.495 e. The van der Waals surface area contributed by atoms with Crippen LogP contribution >= 0.6 is 23.2 Å². The summed E-state index contributed by atoms with van der Waals surface area (Å²) >= 11 is 12.1. The van der Waals surface area contributed by atoms with Gasteiger partial charge < -0.3 is 14.8 Å². The van der Waals surface area contributed by atoms with Crippen LogP contribution in [0.25, 0.3) is 0 Å². The number of carbonyl (C=O) groups excluding carboxylic acids is 2. The van der Waals surface area contributed by atoms with Crippen molar-refractivity contribution in [2.75, 3.05) is 52.3 Å². The molecule has 9 heteroatoms. The molecule has 2 aromatic rings. The second kappa shape index (κ2) is 10.8. The number of ether oxygens (including phenoxy) is 2. The first kappa shape index (κ1) is 23.3. The molecule has 0 aromatic heterocycles. The van der Waals surface area contributed by atoms with Crippen molar-refractivity contribution in [3.63, 3.8) is 0 Å². The van der Waals surface area contributed by atoms with E-state index in [1.54, 1.807) is 30.3 Å². The Hall–Kier alpha value is -2.32. The average molecular weight is 466 g/mol. The molecule has 1 saturated heterocycles. The Labute approximate surface area is 191 Å². The first-order valence-electron chi connectivity index (χ1n) is 9.84. The smallest absolute Gasteiger partial charge is 0.327 e. The Balaban J connectivity index is 1.56. The van der Waals surface area contributed by atoms with Crippen molar-refractivity contribution in [3.05, 3.63) is 58.1 Å². The number of rotatable bonds is 7. The molecule has 31 heavy (non-hydrogen) atoms. The van der Waals surface area contributed by atoms with Crippen LogP contribution in [-0.4, -0.2) is 68.6 Å². The molecule has 1 fully saturated rings. The fraction of sp³-hybridized carbons (Fsp3) is 0.364. The number of hydrogen-bond acceptors (Lipinski definition) is 6. The van der Waals surface area contributed by atoms with Gasteiger partial charge in [0.05, 0.1) is 25.8 Å². The largest absolute Gasteiger partial charge is 0.495 e. The number of amides is 1. The molecule has 3 rings (SSSR count). The van der Waals surface area contributed by atoms with Crippen molar-refractivity contribution >= 4 is 40.8 Å². The number of esters is 1. The van der Waals surface area contributed by atoms with Gasteiger partial charge >= 0.3 is 5.97 Å². The number of halogens is 2. The summed E-state index contributed by atoms with van der Waals surface area (Å²) in [6.45, 7) is 2.81. The van der Waals surface area contributed by atoms with Gasteiger partial charge in [-0.05, 0) is 35.9 Å².